The molecule has 160 valence electrons. The highest BCUT2D eigenvalue weighted by Gasteiger charge is 2.47. The van der Waals surface area contributed by atoms with Gasteiger partial charge in [-0.15, -0.1) is 0 Å². The zero-order valence-corrected chi connectivity index (χ0v) is 17.3. The highest BCUT2D eigenvalue weighted by molar-refractivity contribution is 5.80. The molecule has 0 aromatic carbocycles. The van der Waals surface area contributed by atoms with Crippen LogP contribution in [0.15, 0.2) is 11.6 Å². The van der Waals surface area contributed by atoms with Crippen LogP contribution < -0.4 is 0 Å². The minimum Gasteiger partial charge on any atom is -0.460 e. The van der Waals surface area contributed by atoms with E-state index in [0.29, 0.717) is 13.0 Å². The van der Waals surface area contributed by atoms with Gasteiger partial charge in [-0.1, -0.05) is 19.9 Å². The second-order valence-corrected chi connectivity index (χ2v) is 8.76. The summed E-state index contributed by atoms with van der Waals surface area (Å²) in [5.41, 5.74) is -2.31. The Kier molecular flexibility index (Phi) is 6.91. The summed E-state index contributed by atoms with van der Waals surface area (Å²) in [6, 6.07) is -0.183. The van der Waals surface area contributed by atoms with E-state index in [1.54, 1.807) is 27.7 Å². The molecule has 0 unspecified atom stereocenters. The number of aliphatic hydroxyl groups excluding tert-OH is 1. The Labute approximate surface area is 166 Å². The van der Waals surface area contributed by atoms with Gasteiger partial charge in [0.15, 0.2) is 5.60 Å². The SMILES string of the molecule is CC(C)[C@@](O)(C(=O)OCC1=CCN2CC[C@H](OC(=O)CC(C)(C)O)[C@@H]12)[C@H](C)O. The first-order valence-electron chi connectivity index (χ1n) is 9.78. The van der Waals surface area contributed by atoms with E-state index in [-0.39, 0.29) is 25.2 Å². The van der Waals surface area contributed by atoms with Gasteiger partial charge >= 0.3 is 11.9 Å². The molecule has 2 heterocycles. The molecule has 2 aliphatic heterocycles. The number of ether oxygens (including phenoxy) is 2. The van der Waals surface area contributed by atoms with Crippen LogP contribution in [0.3, 0.4) is 0 Å². The van der Waals surface area contributed by atoms with Crippen LogP contribution in [0, 0.1) is 5.92 Å². The topological polar surface area (TPSA) is 117 Å². The maximum Gasteiger partial charge on any atom is 0.341 e. The Morgan fingerprint density at radius 3 is 2.46 bits per heavy atom. The smallest absolute Gasteiger partial charge is 0.341 e. The summed E-state index contributed by atoms with van der Waals surface area (Å²) >= 11 is 0. The van der Waals surface area contributed by atoms with E-state index in [2.05, 4.69) is 4.90 Å². The Balaban J connectivity index is 1.99. The highest BCUT2D eigenvalue weighted by Crippen LogP contribution is 2.32. The second kappa shape index (κ2) is 8.49. The quantitative estimate of drug-likeness (QED) is 0.396. The van der Waals surface area contributed by atoms with E-state index in [9.17, 15) is 24.9 Å². The van der Waals surface area contributed by atoms with Crippen molar-refractivity contribution in [2.24, 2.45) is 5.92 Å². The van der Waals surface area contributed by atoms with E-state index in [4.69, 9.17) is 9.47 Å². The van der Waals surface area contributed by atoms with Crippen LogP contribution in [0.25, 0.3) is 0 Å². The second-order valence-electron chi connectivity index (χ2n) is 8.76. The summed E-state index contributed by atoms with van der Waals surface area (Å²) in [6.45, 7) is 9.11. The van der Waals surface area contributed by atoms with Crippen molar-refractivity contribution >= 4 is 11.9 Å². The largest absolute Gasteiger partial charge is 0.460 e. The van der Waals surface area contributed by atoms with Crippen molar-refractivity contribution in [3.63, 3.8) is 0 Å². The molecule has 8 heteroatoms. The fraction of sp³-hybridized carbons (Fsp3) is 0.800. The van der Waals surface area contributed by atoms with E-state index in [1.165, 1.54) is 6.92 Å². The first kappa shape index (κ1) is 22.8. The van der Waals surface area contributed by atoms with Gasteiger partial charge in [0.1, 0.15) is 12.7 Å². The molecule has 28 heavy (non-hydrogen) atoms. The van der Waals surface area contributed by atoms with Gasteiger partial charge in [0, 0.05) is 13.1 Å². The minimum atomic E-state index is -1.98. The number of rotatable bonds is 8. The van der Waals surface area contributed by atoms with E-state index < -0.39 is 35.2 Å². The lowest BCUT2D eigenvalue weighted by Crippen LogP contribution is -2.53. The molecule has 0 amide bonds. The molecular formula is C20H33NO7. The number of hydrogen-bond donors (Lipinski definition) is 3. The third-order valence-corrected chi connectivity index (χ3v) is 5.49. The number of hydrogen-bond acceptors (Lipinski definition) is 8. The lowest BCUT2D eigenvalue weighted by atomic mass is 9.85. The molecule has 0 aromatic rings. The fourth-order valence-corrected chi connectivity index (χ4v) is 3.84. The van der Waals surface area contributed by atoms with Gasteiger partial charge in [-0.05, 0) is 38.7 Å². The maximum absolute atomic E-state index is 12.4. The van der Waals surface area contributed by atoms with Crippen LogP contribution in [0.4, 0.5) is 0 Å². The molecule has 0 saturated carbocycles. The molecule has 2 aliphatic rings. The molecule has 0 bridgehead atoms. The van der Waals surface area contributed by atoms with Crippen LogP contribution in [-0.4, -0.2) is 81.3 Å². The average Bonchev–Trinajstić information content (AvgIpc) is 3.12. The summed E-state index contributed by atoms with van der Waals surface area (Å²) in [5.74, 6) is -1.85. The first-order valence-corrected chi connectivity index (χ1v) is 9.78. The van der Waals surface area contributed by atoms with Gasteiger partial charge < -0.3 is 24.8 Å². The molecule has 0 aliphatic carbocycles. The van der Waals surface area contributed by atoms with Crippen LogP contribution in [0.5, 0.6) is 0 Å². The minimum absolute atomic E-state index is 0.0404. The zero-order valence-electron chi connectivity index (χ0n) is 17.3. The van der Waals surface area contributed by atoms with Crippen LogP contribution >= 0.6 is 0 Å². The lowest BCUT2D eigenvalue weighted by molar-refractivity contribution is -0.184. The Morgan fingerprint density at radius 1 is 1.29 bits per heavy atom. The van der Waals surface area contributed by atoms with Crippen molar-refractivity contribution in [2.75, 3.05) is 19.7 Å². The van der Waals surface area contributed by atoms with Gasteiger partial charge in [0.2, 0.25) is 0 Å². The summed E-state index contributed by atoms with van der Waals surface area (Å²) in [5, 5.41) is 30.2. The standard InChI is InChI=1S/C20H33NO7/c1-12(2)20(26,13(3)22)18(24)27-11-14-6-8-21-9-7-15(17(14)21)28-16(23)10-19(4,5)25/h6,12-13,15,17,22,25-26H,7-11H2,1-5H3/t13-,15-,17+,20-/m0/s1. The number of esters is 2. The van der Waals surface area contributed by atoms with Gasteiger partial charge in [0.25, 0.3) is 0 Å². The van der Waals surface area contributed by atoms with Gasteiger partial charge in [-0.3, -0.25) is 9.69 Å². The number of fused-ring (bicyclic) bond motifs is 1. The molecule has 4 atom stereocenters. The monoisotopic (exact) mass is 399 g/mol. The lowest BCUT2D eigenvalue weighted by Gasteiger charge is -2.32. The zero-order chi connectivity index (χ0) is 21.3. The van der Waals surface area contributed by atoms with Crippen molar-refractivity contribution in [1.29, 1.82) is 0 Å². The predicted molar refractivity (Wildman–Crippen MR) is 101 cm³/mol. The van der Waals surface area contributed by atoms with Gasteiger partial charge in [0.05, 0.1) is 24.2 Å². The molecular weight excluding hydrogens is 366 g/mol. The summed E-state index contributed by atoms with van der Waals surface area (Å²) in [6.07, 6.45) is 0.862. The van der Waals surface area contributed by atoms with Crippen molar-refractivity contribution in [3.8, 4) is 0 Å². The molecule has 0 radical (unpaired) electrons. The van der Waals surface area contributed by atoms with Crippen LogP contribution in [0.1, 0.15) is 47.5 Å². The van der Waals surface area contributed by atoms with Crippen molar-refractivity contribution in [1.82, 2.24) is 4.90 Å². The predicted octanol–water partition coefficient (Wildman–Crippen LogP) is 0.385. The molecule has 3 N–H and O–H groups in total. The third kappa shape index (κ3) is 4.92. The number of nitrogens with zero attached hydrogens (tertiary/aromatic N) is 1. The highest BCUT2D eigenvalue weighted by atomic mass is 16.6. The van der Waals surface area contributed by atoms with Crippen molar-refractivity contribution < 1.29 is 34.4 Å². The van der Waals surface area contributed by atoms with Crippen LogP contribution in [-0.2, 0) is 19.1 Å². The van der Waals surface area contributed by atoms with Gasteiger partial charge in [-0.2, -0.15) is 0 Å². The van der Waals surface area contributed by atoms with E-state index >= 15 is 0 Å². The molecule has 1 fully saturated rings. The van der Waals surface area contributed by atoms with Crippen molar-refractivity contribution in [2.45, 2.75) is 76.9 Å². The maximum atomic E-state index is 12.4. The number of aliphatic hydroxyl groups is 3. The van der Waals surface area contributed by atoms with Gasteiger partial charge in [-0.25, -0.2) is 4.79 Å². The van der Waals surface area contributed by atoms with E-state index in [0.717, 1.165) is 12.1 Å². The van der Waals surface area contributed by atoms with Crippen molar-refractivity contribution in [3.05, 3.63) is 11.6 Å². The van der Waals surface area contributed by atoms with Crippen LogP contribution in [0.2, 0.25) is 0 Å². The first-order chi connectivity index (χ1) is 12.9. The molecule has 0 aromatic heterocycles. The Hall–Kier alpha value is -1.48. The summed E-state index contributed by atoms with van der Waals surface area (Å²) < 4.78 is 10.9. The average molecular weight is 399 g/mol. The number of carbonyl (C=O) groups excluding carboxylic acids is 2. The third-order valence-electron chi connectivity index (χ3n) is 5.49. The fourth-order valence-electron chi connectivity index (χ4n) is 3.84. The Bertz CT molecular complexity index is 613. The summed E-state index contributed by atoms with van der Waals surface area (Å²) in [4.78, 5) is 26.7. The molecule has 1 saturated heterocycles. The summed E-state index contributed by atoms with van der Waals surface area (Å²) in [7, 11) is 0. The molecule has 2 rings (SSSR count). The van der Waals surface area contributed by atoms with E-state index in [1.807, 2.05) is 6.08 Å². The number of carbonyl (C=O) groups is 2. The molecule has 0 spiro atoms. The normalized spacial score (nSPS) is 25.8. The molecule has 8 nitrogen and oxygen atoms in total. The Morgan fingerprint density at radius 2 is 1.93 bits per heavy atom.